The Morgan fingerprint density at radius 1 is 1.31 bits per heavy atom. The van der Waals surface area contributed by atoms with Crippen molar-refractivity contribution in [1.82, 2.24) is 14.8 Å². The minimum atomic E-state index is -4.63. The molecule has 1 amide bonds. The van der Waals surface area contributed by atoms with E-state index < -0.39 is 11.7 Å². The number of carbonyl (C=O) groups excluding carboxylic acids is 1. The van der Waals surface area contributed by atoms with Gasteiger partial charge in [-0.1, -0.05) is 0 Å². The van der Waals surface area contributed by atoms with E-state index in [1.54, 1.807) is 26.0 Å². The predicted octanol–water partition coefficient (Wildman–Crippen LogP) is 3.83. The summed E-state index contributed by atoms with van der Waals surface area (Å²) in [6.07, 6.45) is -2.27. The second-order valence-electron chi connectivity index (χ2n) is 9.03. The number of piperidine rings is 1. The lowest BCUT2D eigenvalue weighted by Gasteiger charge is -2.32. The van der Waals surface area contributed by atoms with Gasteiger partial charge >= 0.3 is 6.18 Å². The van der Waals surface area contributed by atoms with E-state index >= 15 is 0 Å². The first-order valence-electron chi connectivity index (χ1n) is 11.7. The first-order chi connectivity index (χ1) is 17.0. The van der Waals surface area contributed by atoms with Gasteiger partial charge in [0.25, 0.3) is 0 Å². The van der Waals surface area contributed by atoms with Crippen molar-refractivity contribution >= 4 is 17.3 Å². The average molecular weight is 505 g/mol. The third-order valence-electron chi connectivity index (χ3n) is 6.36. The van der Waals surface area contributed by atoms with Crippen LogP contribution in [0, 0.1) is 17.2 Å². The molecule has 0 spiro atoms. The van der Waals surface area contributed by atoms with Gasteiger partial charge in [-0.3, -0.25) is 9.69 Å². The molecule has 0 saturated carbocycles. The van der Waals surface area contributed by atoms with Crippen LogP contribution in [0.5, 0.6) is 5.75 Å². The topological polar surface area (TPSA) is 108 Å². The Hall–Kier alpha value is -3.52. The third-order valence-corrected chi connectivity index (χ3v) is 6.36. The van der Waals surface area contributed by atoms with Crippen LogP contribution in [0.3, 0.4) is 0 Å². The monoisotopic (exact) mass is 504 g/mol. The lowest BCUT2D eigenvalue weighted by Crippen LogP contribution is -2.41. The van der Waals surface area contributed by atoms with Crippen molar-refractivity contribution in [2.24, 2.45) is 5.92 Å². The quantitative estimate of drug-likeness (QED) is 0.563. The number of nitrogens with zero attached hydrogens (tertiary/aromatic N) is 4. The van der Waals surface area contributed by atoms with Crippen molar-refractivity contribution in [2.75, 3.05) is 58.4 Å². The van der Waals surface area contributed by atoms with Gasteiger partial charge in [-0.15, -0.1) is 0 Å². The highest BCUT2D eigenvalue weighted by Crippen LogP contribution is 2.39. The lowest BCUT2D eigenvalue weighted by molar-refractivity contribution is -0.139. The van der Waals surface area contributed by atoms with Gasteiger partial charge in [-0.2, -0.15) is 18.4 Å². The van der Waals surface area contributed by atoms with E-state index in [0.717, 1.165) is 32.0 Å². The summed E-state index contributed by atoms with van der Waals surface area (Å²) in [6, 6.07) is 7.13. The van der Waals surface area contributed by atoms with Crippen LogP contribution in [-0.4, -0.2) is 68.1 Å². The number of pyridine rings is 1. The number of aromatic nitrogens is 1. The second kappa shape index (κ2) is 11.5. The molecule has 1 aliphatic heterocycles. The van der Waals surface area contributed by atoms with E-state index in [0.29, 0.717) is 24.6 Å². The summed E-state index contributed by atoms with van der Waals surface area (Å²) >= 11 is 0. The van der Waals surface area contributed by atoms with Crippen LogP contribution >= 0.6 is 0 Å². The maximum absolute atomic E-state index is 13.9. The standard InChI is InChI=1S/C25H31F3N6O2/c1-31-20-13-19(32-21(14-29)24(20)30)17-4-5-22(18(12-17)25(26,27)28)36-11-8-16-6-9-34(10-7-16)15-23(35)33(2)3/h4-5,12-13,16H,6-11,15,30H2,1-3H3,(H,31,32). The molecule has 8 nitrogen and oxygen atoms in total. The summed E-state index contributed by atoms with van der Waals surface area (Å²) in [6.45, 7) is 2.10. The Morgan fingerprint density at radius 3 is 2.58 bits per heavy atom. The molecule has 0 bridgehead atoms. The fourth-order valence-electron chi connectivity index (χ4n) is 4.13. The van der Waals surface area contributed by atoms with Gasteiger partial charge < -0.3 is 20.7 Å². The molecular weight excluding hydrogens is 473 g/mol. The zero-order valence-corrected chi connectivity index (χ0v) is 20.7. The number of nitrogens with two attached hydrogens (primary N) is 1. The first kappa shape index (κ1) is 27.1. The van der Waals surface area contributed by atoms with Gasteiger partial charge in [0.05, 0.1) is 35.8 Å². The number of nitrogens with one attached hydrogen (secondary N) is 1. The summed E-state index contributed by atoms with van der Waals surface area (Å²) in [5, 5.41) is 12.1. The van der Waals surface area contributed by atoms with Gasteiger partial charge in [-0.25, -0.2) is 4.98 Å². The largest absolute Gasteiger partial charge is 0.493 e. The number of nitriles is 1. The third kappa shape index (κ3) is 6.57. The molecule has 11 heteroatoms. The number of carbonyl (C=O) groups is 1. The summed E-state index contributed by atoms with van der Waals surface area (Å²) in [5.41, 5.74) is 5.83. The molecular formula is C25H31F3N6O2. The Morgan fingerprint density at radius 2 is 2.00 bits per heavy atom. The molecule has 1 aromatic heterocycles. The van der Waals surface area contributed by atoms with E-state index in [4.69, 9.17) is 10.5 Å². The summed E-state index contributed by atoms with van der Waals surface area (Å²) < 4.78 is 47.2. The number of likely N-dealkylation sites (N-methyl/N-ethyl adjacent to an activating group) is 1. The number of anilines is 2. The molecule has 0 aliphatic carbocycles. The van der Waals surface area contributed by atoms with Gasteiger partial charge in [0.1, 0.15) is 11.8 Å². The molecule has 2 aromatic rings. The Kier molecular flexibility index (Phi) is 8.63. The maximum atomic E-state index is 13.9. The van der Waals surface area contributed by atoms with E-state index in [1.807, 2.05) is 6.07 Å². The molecule has 1 aliphatic rings. The number of benzene rings is 1. The minimum Gasteiger partial charge on any atom is -0.493 e. The lowest BCUT2D eigenvalue weighted by atomic mass is 9.94. The van der Waals surface area contributed by atoms with Crippen molar-refractivity contribution in [2.45, 2.75) is 25.4 Å². The fourth-order valence-corrected chi connectivity index (χ4v) is 4.13. The zero-order valence-electron chi connectivity index (χ0n) is 20.7. The normalized spacial score (nSPS) is 14.8. The Balaban J connectivity index is 1.68. The second-order valence-corrected chi connectivity index (χ2v) is 9.03. The van der Waals surface area contributed by atoms with Crippen molar-refractivity contribution in [1.29, 1.82) is 5.26 Å². The summed E-state index contributed by atoms with van der Waals surface area (Å²) in [4.78, 5) is 19.7. The van der Waals surface area contributed by atoms with Crippen LogP contribution in [0.1, 0.15) is 30.5 Å². The van der Waals surface area contributed by atoms with Crippen molar-refractivity contribution in [3.63, 3.8) is 0 Å². The molecule has 0 atom stereocenters. The molecule has 194 valence electrons. The highest BCUT2D eigenvalue weighted by Gasteiger charge is 2.35. The molecule has 0 radical (unpaired) electrons. The number of hydrogen-bond acceptors (Lipinski definition) is 7. The van der Waals surface area contributed by atoms with Crippen molar-refractivity contribution < 1.29 is 22.7 Å². The first-order valence-corrected chi connectivity index (χ1v) is 11.7. The smallest absolute Gasteiger partial charge is 0.419 e. The van der Waals surface area contributed by atoms with Crippen LogP contribution in [0.2, 0.25) is 0 Å². The molecule has 3 rings (SSSR count). The SMILES string of the molecule is CNc1cc(-c2ccc(OCCC3CCN(CC(=O)N(C)C)CC3)c(C(F)(F)F)c2)nc(C#N)c1N. The van der Waals surface area contributed by atoms with E-state index in [9.17, 15) is 23.2 Å². The molecule has 1 fully saturated rings. The van der Waals surface area contributed by atoms with E-state index in [-0.39, 0.29) is 40.9 Å². The van der Waals surface area contributed by atoms with Gasteiger partial charge in [0, 0.05) is 26.7 Å². The zero-order chi connectivity index (χ0) is 26.5. The number of likely N-dealkylation sites (tertiary alicyclic amines) is 1. The molecule has 1 saturated heterocycles. The molecule has 2 heterocycles. The molecule has 0 unspecified atom stereocenters. The van der Waals surface area contributed by atoms with E-state index in [2.05, 4.69) is 15.2 Å². The van der Waals surface area contributed by atoms with Crippen molar-refractivity contribution in [3.8, 4) is 23.1 Å². The Bertz CT molecular complexity index is 1120. The highest BCUT2D eigenvalue weighted by molar-refractivity contribution is 5.78. The number of amides is 1. The van der Waals surface area contributed by atoms with Gasteiger partial charge in [-0.05, 0) is 62.5 Å². The van der Waals surface area contributed by atoms with Gasteiger partial charge in [0.2, 0.25) is 5.91 Å². The van der Waals surface area contributed by atoms with Crippen molar-refractivity contribution in [3.05, 3.63) is 35.5 Å². The molecule has 3 N–H and O–H groups in total. The van der Waals surface area contributed by atoms with Crippen LogP contribution in [0.25, 0.3) is 11.3 Å². The van der Waals surface area contributed by atoms with Gasteiger partial charge in [0.15, 0.2) is 5.69 Å². The molecule has 1 aromatic carbocycles. The minimum absolute atomic E-state index is 0.0557. The van der Waals surface area contributed by atoms with Crippen LogP contribution in [0.4, 0.5) is 24.5 Å². The summed E-state index contributed by atoms with van der Waals surface area (Å²) in [7, 11) is 5.05. The average Bonchev–Trinajstić information content (AvgIpc) is 2.84. The highest BCUT2D eigenvalue weighted by atomic mass is 19.4. The number of alkyl halides is 3. The fraction of sp³-hybridized carbons (Fsp3) is 0.480. The molecule has 36 heavy (non-hydrogen) atoms. The van der Waals surface area contributed by atoms with Crippen LogP contribution in [0.15, 0.2) is 24.3 Å². The predicted molar refractivity (Wildman–Crippen MR) is 131 cm³/mol. The number of hydrogen-bond donors (Lipinski definition) is 2. The summed E-state index contributed by atoms with van der Waals surface area (Å²) in [5.74, 6) is 0.137. The Labute approximate surface area is 208 Å². The number of nitrogen functional groups attached to an aromatic ring is 1. The number of ether oxygens (including phenoxy) is 1. The van der Waals surface area contributed by atoms with Crippen LogP contribution < -0.4 is 15.8 Å². The van der Waals surface area contributed by atoms with Crippen LogP contribution in [-0.2, 0) is 11.0 Å². The van der Waals surface area contributed by atoms with E-state index in [1.165, 1.54) is 18.2 Å². The number of rotatable bonds is 8. The number of halogens is 3. The maximum Gasteiger partial charge on any atom is 0.419 e.